The van der Waals surface area contributed by atoms with Crippen molar-refractivity contribution >= 4 is 5.69 Å². The Kier molecular flexibility index (Phi) is 5.03. The van der Waals surface area contributed by atoms with E-state index in [4.69, 9.17) is 0 Å². The number of aliphatic hydroxyl groups is 1. The normalized spacial score (nSPS) is 13.6. The predicted octanol–water partition coefficient (Wildman–Crippen LogP) is 2.98. The largest absolute Gasteiger partial charge is 0.394 e. The zero-order chi connectivity index (χ0) is 15.2. The van der Waals surface area contributed by atoms with Crippen LogP contribution in [0.4, 0.5) is 5.69 Å². The molecule has 0 amide bonds. The van der Waals surface area contributed by atoms with Crippen molar-refractivity contribution in [3.63, 3.8) is 0 Å². The van der Waals surface area contributed by atoms with Gasteiger partial charge in [-0.25, -0.2) is 0 Å². The first-order valence-corrected chi connectivity index (χ1v) is 6.78. The quantitative estimate of drug-likeness (QED) is 0.632. The molecule has 21 heavy (non-hydrogen) atoms. The van der Waals surface area contributed by atoms with Gasteiger partial charge in [-0.1, -0.05) is 42.5 Å². The van der Waals surface area contributed by atoms with Crippen molar-refractivity contribution < 1.29 is 10.0 Å². The van der Waals surface area contributed by atoms with Gasteiger partial charge in [0.05, 0.1) is 17.6 Å². The molecule has 0 radical (unpaired) electrons. The summed E-state index contributed by atoms with van der Waals surface area (Å²) in [6.07, 6.45) is 0. The summed E-state index contributed by atoms with van der Waals surface area (Å²) >= 11 is 0. The minimum absolute atomic E-state index is 0.0384. The second-order valence-electron chi connectivity index (χ2n) is 4.89. The smallest absolute Gasteiger partial charge is 0.269 e. The Hall–Kier alpha value is -2.24. The highest BCUT2D eigenvalue weighted by molar-refractivity contribution is 5.35. The molecule has 110 valence electrons. The monoisotopic (exact) mass is 286 g/mol. The van der Waals surface area contributed by atoms with E-state index in [-0.39, 0.29) is 24.4 Å². The molecule has 2 rings (SSSR count). The fraction of sp³-hybridized carbons (Fsp3) is 0.250. The summed E-state index contributed by atoms with van der Waals surface area (Å²) in [6.45, 7) is 1.88. The van der Waals surface area contributed by atoms with Crippen molar-refractivity contribution in [1.82, 2.24) is 5.32 Å². The lowest BCUT2D eigenvalue weighted by Crippen LogP contribution is -2.27. The number of nitro benzene ring substituents is 1. The van der Waals surface area contributed by atoms with Crippen LogP contribution in [-0.2, 0) is 0 Å². The molecule has 2 atom stereocenters. The molecule has 1 unspecified atom stereocenters. The summed E-state index contributed by atoms with van der Waals surface area (Å²) in [5, 5.41) is 23.7. The molecule has 0 spiro atoms. The van der Waals surface area contributed by atoms with Crippen molar-refractivity contribution in [3.05, 3.63) is 75.8 Å². The van der Waals surface area contributed by atoms with Crippen molar-refractivity contribution in [2.45, 2.75) is 19.0 Å². The summed E-state index contributed by atoms with van der Waals surface area (Å²) in [4.78, 5) is 10.4. The highest BCUT2D eigenvalue weighted by atomic mass is 16.6. The van der Waals surface area contributed by atoms with Crippen LogP contribution in [0.25, 0.3) is 0 Å². The van der Waals surface area contributed by atoms with E-state index in [0.717, 1.165) is 11.1 Å². The number of hydrogen-bond acceptors (Lipinski definition) is 4. The van der Waals surface area contributed by atoms with Gasteiger partial charge in [0.2, 0.25) is 0 Å². The molecule has 0 aromatic heterocycles. The van der Waals surface area contributed by atoms with Crippen LogP contribution in [0, 0.1) is 10.1 Å². The number of nitro groups is 1. The topological polar surface area (TPSA) is 75.4 Å². The number of aliphatic hydroxyl groups excluding tert-OH is 1. The maximum atomic E-state index is 10.8. The zero-order valence-corrected chi connectivity index (χ0v) is 11.8. The van der Waals surface area contributed by atoms with Crippen LogP contribution in [0.15, 0.2) is 54.6 Å². The van der Waals surface area contributed by atoms with Gasteiger partial charge in [0.25, 0.3) is 5.69 Å². The third-order valence-corrected chi connectivity index (χ3v) is 3.42. The molecule has 0 aliphatic carbocycles. The average Bonchev–Trinajstić information content (AvgIpc) is 2.53. The number of hydrogen-bond donors (Lipinski definition) is 2. The SMILES string of the molecule is CC(N[C@@H](CO)c1ccccc1)c1cccc([N+](=O)[O-])c1. The second-order valence-corrected chi connectivity index (χ2v) is 4.89. The average molecular weight is 286 g/mol. The van der Waals surface area contributed by atoms with Crippen LogP contribution in [-0.4, -0.2) is 16.6 Å². The van der Waals surface area contributed by atoms with Gasteiger partial charge in [0.1, 0.15) is 0 Å². The van der Waals surface area contributed by atoms with Gasteiger partial charge >= 0.3 is 0 Å². The summed E-state index contributed by atoms with van der Waals surface area (Å²) in [6, 6.07) is 15.8. The first-order chi connectivity index (χ1) is 10.1. The number of benzene rings is 2. The van der Waals surface area contributed by atoms with Crippen LogP contribution in [0.2, 0.25) is 0 Å². The Morgan fingerprint density at radius 1 is 1.14 bits per heavy atom. The number of rotatable bonds is 6. The van der Waals surface area contributed by atoms with Gasteiger partial charge in [-0.3, -0.25) is 10.1 Å². The van der Waals surface area contributed by atoms with E-state index in [2.05, 4.69) is 5.32 Å². The van der Waals surface area contributed by atoms with E-state index in [1.807, 2.05) is 43.3 Å². The van der Waals surface area contributed by atoms with Crippen molar-refractivity contribution in [2.75, 3.05) is 6.61 Å². The van der Waals surface area contributed by atoms with Gasteiger partial charge in [-0.05, 0) is 18.1 Å². The lowest BCUT2D eigenvalue weighted by Gasteiger charge is -2.22. The van der Waals surface area contributed by atoms with Crippen molar-refractivity contribution in [1.29, 1.82) is 0 Å². The molecular formula is C16H18N2O3. The number of non-ortho nitro benzene ring substituents is 1. The molecule has 0 heterocycles. The minimum Gasteiger partial charge on any atom is -0.394 e. The first-order valence-electron chi connectivity index (χ1n) is 6.78. The molecular weight excluding hydrogens is 268 g/mol. The molecule has 0 saturated heterocycles. The molecule has 0 fully saturated rings. The Morgan fingerprint density at radius 3 is 2.43 bits per heavy atom. The molecule has 0 aliphatic rings. The van der Waals surface area contributed by atoms with Crippen molar-refractivity contribution in [3.8, 4) is 0 Å². The van der Waals surface area contributed by atoms with Gasteiger partial charge in [0, 0.05) is 18.2 Å². The van der Waals surface area contributed by atoms with Gasteiger partial charge in [0.15, 0.2) is 0 Å². The fourth-order valence-corrected chi connectivity index (χ4v) is 2.25. The first kappa shape index (κ1) is 15.2. The summed E-state index contributed by atoms with van der Waals surface area (Å²) in [5.74, 6) is 0. The van der Waals surface area contributed by atoms with Crippen LogP contribution < -0.4 is 5.32 Å². The summed E-state index contributed by atoms with van der Waals surface area (Å²) < 4.78 is 0. The second kappa shape index (κ2) is 6.97. The zero-order valence-electron chi connectivity index (χ0n) is 11.8. The highest BCUT2D eigenvalue weighted by Crippen LogP contribution is 2.22. The predicted molar refractivity (Wildman–Crippen MR) is 80.9 cm³/mol. The highest BCUT2D eigenvalue weighted by Gasteiger charge is 2.16. The van der Waals surface area contributed by atoms with Crippen LogP contribution in [0.5, 0.6) is 0 Å². The molecule has 2 N–H and O–H groups in total. The van der Waals surface area contributed by atoms with Gasteiger partial charge in [-0.2, -0.15) is 0 Å². The number of nitrogens with zero attached hydrogens (tertiary/aromatic N) is 1. The van der Waals surface area contributed by atoms with E-state index >= 15 is 0 Å². The van der Waals surface area contributed by atoms with E-state index in [9.17, 15) is 15.2 Å². The lowest BCUT2D eigenvalue weighted by atomic mass is 10.0. The minimum atomic E-state index is -0.406. The lowest BCUT2D eigenvalue weighted by molar-refractivity contribution is -0.384. The van der Waals surface area contributed by atoms with E-state index in [1.54, 1.807) is 12.1 Å². The van der Waals surface area contributed by atoms with E-state index in [0.29, 0.717) is 0 Å². The van der Waals surface area contributed by atoms with Crippen LogP contribution in [0.1, 0.15) is 30.1 Å². The Bertz CT molecular complexity index is 601. The third kappa shape index (κ3) is 3.87. The number of nitrogens with one attached hydrogen (secondary N) is 1. The maximum Gasteiger partial charge on any atom is 0.269 e. The summed E-state index contributed by atoms with van der Waals surface area (Å²) in [5.41, 5.74) is 1.87. The maximum absolute atomic E-state index is 10.8. The van der Waals surface area contributed by atoms with Crippen molar-refractivity contribution in [2.24, 2.45) is 0 Å². The Balaban J connectivity index is 2.14. The van der Waals surface area contributed by atoms with Crippen LogP contribution in [0.3, 0.4) is 0 Å². The molecule has 5 nitrogen and oxygen atoms in total. The molecule has 2 aromatic carbocycles. The molecule has 0 aliphatic heterocycles. The molecule has 0 saturated carbocycles. The Labute approximate surface area is 123 Å². The van der Waals surface area contributed by atoms with E-state index in [1.165, 1.54) is 6.07 Å². The molecule has 5 heteroatoms. The molecule has 2 aromatic rings. The molecule has 0 bridgehead atoms. The summed E-state index contributed by atoms with van der Waals surface area (Å²) in [7, 11) is 0. The fourth-order valence-electron chi connectivity index (χ4n) is 2.25. The standard InChI is InChI=1S/C16H18N2O3/c1-12(14-8-5-9-15(10-14)18(20)21)17-16(11-19)13-6-3-2-4-7-13/h2-10,12,16-17,19H,11H2,1H3/t12?,16-/m0/s1. The van der Waals surface area contributed by atoms with Gasteiger partial charge < -0.3 is 10.4 Å². The van der Waals surface area contributed by atoms with Crippen LogP contribution >= 0.6 is 0 Å². The Morgan fingerprint density at radius 2 is 1.81 bits per heavy atom. The van der Waals surface area contributed by atoms with Gasteiger partial charge in [-0.15, -0.1) is 0 Å². The third-order valence-electron chi connectivity index (χ3n) is 3.42. The van der Waals surface area contributed by atoms with E-state index < -0.39 is 4.92 Å².